The minimum Gasteiger partial charge on any atom is -0.497 e. The van der Waals surface area contributed by atoms with Gasteiger partial charge in [0, 0.05) is 36.1 Å². The van der Waals surface area contributed by atoms with E-state index in [-0.39, 0.29) is 30.2 Å². The number of morpholine rings is 1. The molecule has 226 valence electrons. The maximum Gasteiger partial charge on any atom is 0.243 e. The van der Waals surface area contributed by atoms with Crippen LogP contribution >= 0.6 is 0 Å². The van der Waals surface area contributed by atoms with E-state index in [1.54, 1.807) is 14.0 Å². The Morgan fingerprint density at radius 3 is 2.54 bits per heavy atom. The standard InChI is InChI=1S/C32H48N4O5/c1-22(37)10-6-4-9-13-29(32(39)35-31(24-11-7-5-8-12-24)36-16-18-41-19-17-36)34-30(38)21-26-23(2)33-28-15-14-25(40-3)20-27(26)28/h14-15,20,24,29,31,33H,4-13,16-19,21H2,1-3H3,(H,34,38)(H,35,39)/t29-,31?/m0/s1. The van der Waals surface area contributed by atoms with Gasteiger partial charge in [-0.15, -0.1) is 0 Å². The minimum absolute atomic E-state index is 0.0489. The number of Topliss-reactive ketones (excluding diaryl/α,β-unsaturated/α-hetero) is 1. The molecule has 2 atom stereocenters. The van der Waals surface area contributed by atoms with Crippen molar-refractivity contribution < 1.29 is 23.9 Å². The molecule has 1 aromatic heterocycles. The van der Waals surface area contributed by atoms with Crippen molar-refractivity contribution in [2.24, 2.45) is 5.92 Å². The first-order chi connectivity index (χ1) is 19.9. The Balaban J connectivity index is 1.47. The van der Waals surface area contributed by atoms with Crippen LogP contribution in [0.4, 0.5) is 0 Å². The number of hydrogen-bond acceptors (Lipinski definition) is 6. The van der Waals surface area contributed by atoms with E-state index < -0.39 is 6.04 Å². The highest BCUT2D eigenvalue weighted by molar-refractivity contribution is 5.93. The molecule has 2 heterocycles. The van der Waals surface area contributed by atoms with E-state index >= 15 is 0 Å². The molecule has 1 saturated carbocycles. The van der Waals surface area contributed by atoms with Crippen LogP contribution in [0.25, 0.3) is 10.9 Å². The Kier molecular flexibility index (Phi) is 11.6. The molecule has 4 rings (SSSR count). The number of hydrogen-bond donors (Lipinski definition) is 3. The molecule has 41 heavy (non-hydrogen) atoms. The van der Waals surface area contributed by atoms with Crippen LogP contribution in [0.15, 0.2) is 18.2 Å². The number of ether oxygens (including phenoxy) is 2. The zero-order valence-electron chi connectivity index (χ0n) is 25.1. The lowest BCUT2D eigenvalue weighted by molar-refractivity contribution is -0.131. The third-order valence-electron chi connectivity index (χ3n) is 8.66. The van der Waals surface area contributed by atoms with Gasteiger partial charge in [-0.3, -0.25) is 14.5 Å². The van der Waals surface area contributed by atoms with Crippen LogP contribution in [-0.2, 0) is 25.5 Å². The zero-order chi connectivity index (χ0) is 29.2. The molecule has 1 unspecified atom stereocenters. The molecule has 0 spiro atoms. The van der Waals surface area contributed by atoms with Gasteiger partial charge >= 0.3 is 0 Å². The van der Waals surface area contributed by atoms with Crippen molar-refractivity contribution in [1.82, 2.24) is 20.5 Å². The highest BCUT2D eigenvalue weighted by Crippen LogP contribution is 2.29. The summed E-state index contributed by atoms with van der Waals surface area (Å²) in [6.07, 6.45) is 9.45. The molecule has 1 saturated heterocycles. The topological polar surface area (TPSA) is 113 Å². The van der Waals surface area contributed by atoms with Gasteiger partial charge in [0.15, 0.2) is 0 Å². The van der Waals surface area contributed by atoms with E-state index in [1.807, 2.05) is 25.1 Å². The highest BCUT2D eigenvalue weighted by atomic mass is 16.5. The van der Waals surface area contributed by atoms with Crippen molar-refractivity contribution in [3.63, 3.8) is 0 Å². The average Bonchev–Trinajstić information content (AvgIpc) is 3.29. The quantitative estimate of drug-likeness (QED) is 0.291. The van der Waals surface area contributed by atoms with Gasteiger partial charge in [0.25, 0.3) is 0 Å². The molecule has 2 aliphatic rings. The van der Waals surface area contributed by atoms with Crippen molar-refractivity contribution in [3.8, 4) is 5.75 Å². The summed E-state index contributed by atoms with van der Waals surface area (Å²) in [6.45, 7) is 6.51. The first kappa shape index (κ1) is 31.0. The molecule has 9 nitrogen and oxygen atoms in total. The molecule has 1 aliphatic carbocycles. The zero-order valence-corrected chi connectivity index (χ0v) is 25.1. The van der Waals surface area contributed by atoms with E-state index in [4.69, 9.17) is 9.47 Å². The molecule has 2 aromatic rings. The molecular weight excluding hydrogens is 520 g/mol. The number of methoxy groups -OCH3 is 1. The molecule has 0 bridgehead atoms. The normalized spacial score (nSPS) is 18.1. The highest BCUT2D eigenvalue weighted by Gasteiger charge is 2.33. The van der Waals surface area contributed by atoms with E-state index in [0.717, 1.165) is 73.1 Å². The Bertz CT molecular complexity index is 1150. The average molecular weight is 569 g/mol. The fourth-order valence-corrected chi connectivity index (χ4v) is 6.35. The number of unbranched alkanes of at least 4 members (excludes halogenated alkanes) is 2. The molecule has 3 N–H and O–H groups in total. The molecule has 1 aromatic carbocycles. The number of nitrogens with one attached hydrogen (secondary N) is 3. The number of aromatic amines is 1. The molecule has 2 amide bonds. The predicted molar refractivity (Wildman–Crippen MR) is 160 cm³/mol. The van der Waals surface area contributed by atoms with E-state index in [1.165, 1.54) is 19.3 Å². The van der Waals surface area contributed by atoms with Crippen molar-refractivity contribution >= 4 is 28.5 Å². The largest absolute Gasteiger partial charge is 0.497 e. The minimum atomic E-state index is -0.632. The van der Waals surface area contributed by atoms with Gasteiger partial charge in [0.1, 0.15) is 17.6 Å². The van der Waals surface area contributed by atoms with Crippen LogP contribution in [0, 0.1) is 12.8 Å². The smallest absolute Gasteiger partial charge is 0.243 e. The van der Waals surface area contributed by atoms with Crippen LogP contribution in [0.2, 0.25) is 0 Å². The van der Waals surface area contributed by atoms with Crippen molar-refractivity contribution in [1.29, 1.82) is 0 Å². The lowest BCUT2D eigenvalue weighted by Crippen LogP contribution is -2.59. The van der Waals surface area contributed by atoms with Gasteiger partial charge in [-0.25, -0.2) is 0 Å². The number of nitrogens with zero attached hydrogens (tertiary/aromatic N) is 1. The van der Waals surface area contributed by atoms with Gasteiger partial charge in [-0.05, 0) is 69.2 Å². The third-order valence-corrected chi connectivity index (χ3v) is 8.66. The summed E-state index contributed by atoms with van der Waals surface area (Å²) in [4.78, 5) is 44.4. The Hall–Kier alpha value is -2.91. The number of fused-ring (bicyclic) bond motifs is 1. The number of ketones is 1. The van der Waals surface area contributed by atoms with Crippen molar-refractivity contribution in [2.45, 2.75) is 96.7 Å². The molecule has 0 radical (unpaired) electrons. The summed E-state index contributed by atoms with van der Waals surface area (Å²) in [5.74, 6) is 1.02. The first-order valence-electron chi connectivity index (χ1n) is 15.4. The second kappa shape index (κ2) is 15.4. The number of benzene rings is 1. The number of carbonyl (C=O) groups is 3. The fourth-order valence-electron chi connectivity index (χ4n) is 6.35. The SMILES string of the molecule is COc1ccc2[nH]c(C)c(CC(=O)N[C@@H](CCCCCC(C)=O)C(=O)NC(C3CCCCC3)N3CCOCC3)c2c1. The summed E-state index contributed by atoms with van der Waals surface area (Å²) < 4.78 is 11.0. The predicted octanol–water partition coefficient (Wildman–Crippen LogP) is 4.41. The first-order valence-corrected chi connectivity index (χ1v) is 15.4. The summed E-state index contributed by atoms with van der Waals surface area (Å²) in [5, 5.41) is 7.41. The Morgan fingerprint density at radius 1 is 1.07 bits per heavy atom. The number of aryl methyl sites for hydroxylation is 1. The lowest BCUT2D eigenvalue weighted by atomic mass is 9.86. The van der Waals surface area contributed by atoms with Gasteiger partial charge in [0.05, 0.1) is 32.9 Å². The second-order valence-electron chi connectivity index (χ2n) is 11.7. The van der Waals surface area contributed by atoms with E-state index in [0.29, 0.717) is 32.0 Å². The van der Waals surface area contributed by atoms with Crippen LogP contribution in [-0.4, -0.2) is 73.1 Å². The number of aromatic nitrogens is 1. The number of H-pyrrole nitrogens is 1. The van der Waals surface area contributed by atoms with Crippen molar-refractivity contribution in [3.05, 3.63) is 29.5 Å². The third kappa shape index (κ3) is 8.79. The van der Waals surface area contributed by atoms with E-state index in [9.17, 15) is 14.4 Å². The van der Waals surface area contributed by atoms with Crippen LogP contribution < -0.4 is 15.4 Å². The number of carbonyl (C=O) groups excluding carboxylic acids is 3. The Morgan fingerprint density at radius 2 is 1.83 bits per heavy atom. The van der Waals surface area contributed by atoms with Gasteiger partial charge < -0.3 is 29.9 Å². The molecule has 2 fully saturated rings. The maximum absolute atomic E-state index is 13.9. The summed E-state index contributed by atoms with van der Waals surface area (Å²) in [7, 11) is 1.63. The van der Waals surface area contributed by atoms with Crippen LogP contribution in [0.5, 0.6) is 5.75 Å². The number of amides is 2. The van der Waals surface area contributed by atoms with Crippen molar-refractivity contribution in [2.75, 3.05) is 33.4 Å². The number of rotatable bonds is 14. The van der Waals surface area contributed by atoms with Gasteiger partial charge in [0.2, 0.25) is 11.8 Å². The Labute approximate surface area is 244 Å². The van der Waals surface area contributed by atoms with Gasteiger partial charge in [-0.1, -0.05) is 32.1 Å². The monoisotopic (exact) mass is 568 g/mol. The molecule has 1 aliphatic heterocycles. The van der Waals surface area contributed by atoms with E-state index in [2.05, 4.69) is 20.5 Å². The molecular formula is C32H48N4O5. The van der Waals surface area contributed by atoms with Crippen LogP contribution in [0.3, 0.4) is 0 Å². The summed E-state index contributed by atoms with van der Waals surface area (Å²) >= 11 is 0. The summed E-state index contributed by atoms with van der Waals surface area (Å²) in [5.41, 5.74) is 2.79. The summed E-state index contributed by atoms with van der Waals surface area (Å²) in [6, 6.07) is 5.16. The second-order valence-corrected chi connectivity index (χ2v) is 11.7. The van der Waals surface area contributed by atoms with Crippen LogP contribution in [0.1, 0.15) is 82.4 Å². The van der Waals surface area contributed by atoms with Gasteiger partial charge in [-0.2, -0.15) is 0 Å². The fraction of sp³-hybridized carbons (Fsp3) is 0.656. The lowest BCUT2D eigenvalue weighted by Gasteiger charge is -2.41. The maximum atomic E-state index is 13.9. The molecule has 9 heteroatoms.